The average Bonchev–Trinajstić information content (AvgIpc) is 3.26. The first kappa shape index (κ1) is 23.3. The summed E-state index contributed by atoms with van der Waals surface area (Å²) in [4.78, 5) is 28.8. The van der Waals surface area contributed by atoms with Gasteiger partial charge >= 0.3 is 11.8 Å². The van der Waals surface area contributed by atoms with Crippen LogP contribution in [-0.2, 0) is 5.41 Å². The van der Waals surface area contributed by atoms with Crippen molar-refractivity contribution in [2.45, 2.75) is 26.2 Å². The molecule has 2 amide bonds. The van der Waals surface area contributed by atoms with Gasteiger partial charge in [-0.1, -0.05) is 61.8 Å². The number of carbonyl (C=O) groups excluding carboxylic acids is 2. The summed E-state index contributed by atoms with van der Waals surface area (Å²) < 4.78 is 10.2. The van der Waals surface area contributed by atoms with E-state index in [0.29, 0.717) is 22.2 Å². The monoisotopic (exact) mass is 456 g/mol. The van der Waals surface area contributed by atoms with Gasteiger partial charge < -0.3 is 19.9 Å². The topological polar surface area (TPSA) is 106 Å². The minimum atomic E-state index is -0.523. The summed E-state index contributed by atoms with van der Waals surface area (Å²) in [6.07, 6.45) is 0. The van der Waals surface area contributed by atoms with Crippen LogP contribution >= 0.6 is 11.6 Å². The van der Waals surface area contributed by atoms with Gasteiger partial charge in [-0.2, -0.15) is 4.98 Å². The summed E-state index contributed by atoms with van der Waals surface area (Å²) in [6, 6.07) is 12.6. The van der Waals surface area contributed by atoms with Crippen LogP contribution < -0.4 is 15.4 Å². The summed E-state index contributed by atoms with van der Waals surface area (Å²) in [5.41, 5.74) is 2.28. The third-order valence-corrected chi connectivity index (χ3v) is 4.97. The Morgan fingerprint density at radius 1 is 1.03 bits per heavy atom. The van der Waals surface area contributed by atoms with E-state index in [1.165, 1.54) is 18.7 Å². The molecule has 0 aliphatic heterocycles. The summed E-state index contributed by atoms with van der Waals surface area (Å²) in [7, 11) is 1.47. The van der Waals surface area contributed by atoms with E-state index in [4.69, 9.17) is 20.9 Å². The molecule has 2 aromatic carbocycles. The molecular weight excluding hydrogens is 432 g/mol. The van der Waals surface area contributed by atoms with E-state index in [9.17, 15) is 9.59 Å². The Balaban J connectivity index is 1.53. The van der Waals surface area contributed by atoms with E-state index in [-0.39, 0.29) is 30.3 Å². The van der Waals surface area contributed by atoms with Crippen LogP contribution in [0.15, 0.2) is 47.0 Å². The molecule has 1 aromatic heterocycles. The molecule has 0 radical (unpaired) electrons. The van der Waals surface area contributed by atoms with Crippen LogP contribution in [0.1, 0.15) is 47.4 Å². The van der Waals surface area contributed by atoms with Gasteiger partial charge in [0.15, 0.2) is 0 Å². The zero-order valence-electron chi connectivity index (χ0n) is 18.4. The molecule has 2 N–H and O–H groups in total. The second-order valence-electron chi connectivity index (χ2n) is 8.11. The lowest BCUT2D eigenvalue weighted by Crippen LogP contribution is -2.35. The second kappa shape index (κ2) is 9.82. The molecule has 0 saturated heterocycles. The molecular formula is C23H25ClN4O4. The molecule has 1 heterocycles. The SMILES string of the molecule is COc1ccc(Cl)cc1C(=O)NCCNC(=O)c1nc(-c2ccc(C(C)(C)C)cc2)no1. The van der Waals surface area contributed by atoms with Crippen LogP contribution in [0.4, 0.5) is 0 Å². The minimum absolute atomic E-state index is 0.0359. The normalized spacial score (nSPS) is 11.2. The minimum Gasteiger partial charge on any atom is -0.496 e. The van der Waals surface area contributed by atoms with Gasteiger partial charge in [-0.15, -0.1) is 0 Å². The van der Waals surface area contributed by atoms with Crippen molar-refractivity contribution in [3.8, 4) is 17.1 Å². The molecule has 3 rings (SSSR count). The van der Waals surface area contributed by atoms with Crippen molar-refractivity contribution >= 4 is 23.4 Å². The number of methoxy groups -OCH3 is 1. The molecule has 0 spiro atoms. The maximum atomic E-state index is 12.3. The fourth-order valence-electron chi connectivity index (χ4n) is 2.93. The zero-order valence-corrected chi connectivity index (χ0v) is 19.1. The highest BCUT2D eigenvalue weighted by molar-refractivity contribution is 6.31. The first-order valence-corrected chi connectivity index (χ1v) is 10.4. The number of nitrogens with zero attached hydrogens (tertiary/aromatic N) is 2. The Morgan fingerprint density at radius 2 is 1.69 bits per heavy atom. The van der Waals surface area contributed by atoms with Crippen molar-refractivity contribution in [2.75, 3.05) is 20.2 Å². The largest absolute Gasteiger partial charge is 0.496 e. The molecule has 0 atom stereocenters. The maximum absolute atomic E-state index is 12.3. The number of aromatic nitrogens is 2. The third-order valence-electron chi connectivity index (χ3n) is 4.73. The van der Waals surface area contributed by atoms with Crippen LogP contribution in [0.5, 0.6) is 5.75 Å². The summed E-state index contributed by atoms with van der Waals surface area (Å²) in [6.45, 7) is 6.76. The molecule has 168 valence electrons. The molecule has 9 heteroatoms. The molecule has 0 aliphatic rings. The quantitative estimate of drug-likeness (QED) is 0.523. The summed E-state index contributed by atoms with van der Waals surface area (Å²) >= 11 is 5.95. The van der Waals surface area contributed by atoms with Crippen molar-refractivity contribution in [1.82, 2.24) is 20.8 Å². The highest BCUT2D eigenvalue weighted by Crippen LogP contribution is 2.25. The molecule has 3 aromatic rings. The lowest BCUT2D eigenvalue weighted by Gasteiger charge is -2.18. The Kier molecular flexibility index (Phi) is 7.15. The molecule has 0 saturated carbocycles. The first-order chi connectivity index (χ1) is 15.2. The lowest BCUT2D eigenvalue weighted by atomic mass is 9.87. The number of nitrogens with one attached hydrogen (secondary N) is 2. The van der Waals surface area contributed by atoms with Crippen molar-refractivity contribution in [2.24, 2.45) is 0 Å². The Bertz CT molecular complexity index is 1100. The highest BCUT2D eigenvalue weighted by atomic mass is 35.5. The van der Waals surface area contributed by atoms with Crippen LogP contribution in [0.2, 0.25) is 5.02 Å². The zero-order chi connectivity index (χ0) is 23.3. The van der Waals surface area contributed by atoms with E-state index in [0.717, 1.165) is 5.56 Å². The number of ether oxygens (including phenoxy) is 1. The van der Waals surface area contributed by atoms with Crippen LogP contribution in [0.3, 0.4) is 0 Å². The van der Waals surface area contributed by atoms with Gasteiger partial charge in [-0.05, 0) is 29.2 Å². The molecule has 8 nitrogen and oxygen atoms in total. The summed E-state index contributed by atoms with van der Waals surface area (Å²) in [5, 5.41) is 9.63. The van der Waals surface area contributed by atoms with E-state index < -0.39 is 5.91 Å². The number of hydrogen-bond acceptors (Lipinski definition) is 6. The van der Waals surface area contributed by atoms with E-state index in [2.05, 4.69) is 41.5 Å². The van der Waals surface area contributed by atoms with Crippen molar-refractivity contribution in [1.29, 1.82) is 0 Å². The van der Waals surface area contributed by atoms with E-state index in [1.54, 1.807) is 12.1 Å². The van der Waals surface area contributed by atoms with Crippen molar-refractivity contribution in [3.63, 3.8) is 0 Å². The number of carbonyl (C=O) groups is 2. The number of hydrogen-bond donors (Lipinski definition) is 2. The Labute approximate surface area is 191 Å². The molecule has 0 bridgehead atoms. The lowest BCUT2D eigenvalue weighted by molar-refractivity contribution is 0.0897. The van der Waals surface area contributed by atoms with Gasteiger partial charge in [0.25, 0.3) is 5.91 Å². The number of halogens is 1. The molecule has 32 heavy (non-hydrogen) atoms. The van der Waals surface area contributed by atoms with Crippen LogP contribution in [0.25, 0.3) is 11.4 Å². The van der Waals surface area contributed by atoms with Gasteiger partial charge in [-0.25, -0.2) is 0 Å². The smallest absolute Gasteiger partial charge is 0.316 e. The van der Waals surface area contributed by atoms with Crippen molar-refractivity contribution < 1.29 is 18.8 Å². The van der Waals surface area contributed by atoms with Gasteiger partial charge in [0.2, 0.25) is 5.82 Å². The molecule has 0 fully saturated rings. The molecule has 0 aliphatic carbocycles. The van der Waals surface area contributed by atoms with Crippen LogP contribution in [-0.4, -0.2) is 42.2 Å². The maximum Gasteiger partial charge on any atom is 0.316 e. The number of rotatable bonds is 7. The van der Waals surface area contributed by atoms with Crippen LogP contribution in [0, 0.1) is 0 Å². The number of amides is 2. The fraction of sp³-hybridized carbons (Fsp3) is 0.304. The first-order valence-electron chi connectivity index (χ1n) is 10.0. The van der Waals surface area contributed by atoms with Gasteiger partial charge in [0.1, 0.15) is 5.75 Å². The highest BCUT2D eigenvalue weighted by Gasteiger charge is 2.18. The molecule has 0 unspecified atom stereocenters. The predicted molar refractivity (Wildman–Crippen MR) is 121 cm³/mol. The van der Waals surface area contributed by atoms with E-state index in [1.807, 2.05) is 24.3 Å². The second-order valence-corrected chi connectivity index (χ2v) is 8.54. The van der Waals surface area contributed by atoms with Gasteiger partial charge in [-0.3, -0.25) is 9.59 Å². The number of benzene rings is 2. The standard InChI is InChI=1S/C23H25ClN4O4/c1-23(2,3)15-7-5-14(6-8-15)19-27-22(32-28-19)21(30)26-12-11-25-20(29)17-13-16(24)9-10-18(17)31-4/h5-10,13H,11-12H2,1-4H3,(H,25,29)(H,26,30). The predicted octanol–water partition coefficient (Wildman–Crippen LogP) is 3.86. The summed E-state index contributed by atoms with van der Waals surface area (Å²) in [5.74, 6) is -0.299. The van der Waals surface area contributed by atoms with Gasteiger partial charge in [0, 0.05) is 23.7 Å². The Hall–Kier alpha value is -3.39. The third kappa shape index (κ3) is 5.64. The Morgan fingerprint density at radius 3 is 2.31 bits per heavy atom. The fourth-order valence-corrected chi connectivity index (χ4v) is 3.10. The van der Waals surface area contributed by atoms with Crippen molar-refractivity contribution in [3.05, 3.63) is 64.5 Å². The van der Waals surface area contributed by atoms with Gasteiger partial charge in [0.05, 0.1) is 12.7 Å². The van der Waals surface area contributed by atoms with E-state index >= 15 is 0 Å². The average molecular weight is 457 g/mol.